The Bertz CT molecular complexity index is 294. The van der Waals surface area contributed by atoms with Crippen molar-refractivity contribution in [3.8, 4) is 0 Å². The largest absolute Gasteiger partial charge is 0.478 e. The Balaban J connectivity index is 2.96. The van der Waals surface area contributed by atoms with Gasteiger partial charge in [0, 0.05) is 6.08 Å². The minimum absolute atomic E-state index is 0.230. The number of hydrazine groups is 1. The van der Waals surface area contributed by atoms with Crippen molar-refractivity contribution in [3.05, 3.63) is 11.6 Å². The van der Waals surface area contributed by atoms with E-state index in [0.717, 1.165) is 6.08 Å². The Kier molecular flexibility index (Phi) is 1.92. The summed E-state index contributed by atoms with van der Waals surface area (Å²) in [6.45, 7) is 0. The average molecular weight is 170 g/mol. The van der Waals surface area contributed by atoms with Crippen molar-refractivity contribution in [1.29, 1.82) is 0 Å². The molecule has 0 aromatic heterocycles. The summed E-state index contributed by atoms with van der Waals surface area (Å²) in [6, 6.07) is 0. The number of hydrogen-bond donors (Lipinski definition) is 2. The van der Waals surface area contributed by atoms with Crippen LogP contribution in [0.25, 0.3) is 0 Å². The summed E-state index contributed by atoms with van der Waals surface area (Å²) >= 11 is 0. The van der Waals surface area contributed by atoms with E-state index in [4.69, 9.17) is 10.9 Å². The zero-order valence-corrected chi connectivity index (χ0v) is 5.98. The van der Waals surface area contributed by atoms with Crippen molar-refractivity contribution in [1.82, 2.24) is 5.01 Å². The summed E-state index contributed by atoms with van der Waals surface area (Å²) in [5, 5.41) is 8.82. The molecule has 3 N–H and O–H groups in total. The van der Waals surface area contributed by atoms with Gasteiger partial charge in [-0.05, 0) is 0 Å². The lowest BCUT2D eigenvalue weighted by atomic mass is 10.1. The van der Waals surface area contributed by atoms with Crippen LogP contribution < -0.4 is 5.84 Å². The van der Waals surface area contributed by atoms with E-state index in [1.807, 2.05) is 0 Å². The molecule has 0 atom stereocenters. The molecule has 0 bridgehead atoms. The standard InChI is InChI=1S/C6H6N2O4/c7-8-4(9)1-3(6(11)12)2-5(8)10/h1H,2,7H2,(H,11,12). The molecular weight excluding hydrogens is 164 g/mol. The highest BCUT2D eigenvalue weighted by atomic mass is 16.4. The van der Waals surface area contributed by atoms with Crippen LogP contribution in [-0.4, -0.2) is 27.9 Å². The summed E-state index contributed by atoms with van der Waals surface area (Å²) in [7, 11) is 0. The minimum atomic E-state index is -1.27. The molecule has 0 spiro atoms. The van der Waals surface area contributed by atoms with Crippen LogP contribution in [0.4, 0.5) is 0 Å². The molecular formula is C6H6N2O4. The molecule has 64 valence electrons. The molecule has 0 saturated heterocycles. The molecule has 1 heterocycles. The number of carbonyl (C=O) groups is 3. The van der Waals surface area contributed by atoms with Crippen molar-refractivity contribution >= 4 is 17.8 Å². The number of nitrogens with zero attached hydrogens (tertiary/aromatic N) is 1. The molecule has 0 saturated carbocycles. The quantitative estimate of drug-likeness (QED) is 0.287. The zero-order chi connectivity index (χ0) is 9.30. The van der Waals surface area contributed by atoms with E-state index < -0.39 is 17.8 Å². The maximum absolute atomic E-state index is 10.8. The summed E-state index contributed by atoms with van der Waals surface area (Å²) in [6.07, 6.45) is 0.501. The second-order valence-electron chi connectivity index (χ2n) is 2.25. The van der Waals surface area contributed by atoms with Gasteiger partial charge in [0.25, 0.3) is 5.91 Å². The molecule has 0 aliphatic carbocycles. The van der Waals surface area contributed by atoms with E-state index in [2.05, 4.69) is 0 Å². The molecule has 6 heteroatoms. The van der Waals surface area contributed by atoms with Gasteiger partial charge in [0.05, 0.1) is 12.0 Å². The Labute approximate surface area is 67.2 Å². The van der Waals surface area contributed by atoms with Crippen molar-refractivity contribution in [3.63, 3.8) is 0 Å². The number of rotatable bonds is 1. The van der Waals surface area contributed by atoms with E-state index >= 15 is 0 Å². The molecule has 1 rings (SSSR count). The fourth-order valence-corrected chi connectivity index (χ4v) is 0.778. The van der Waals surface area contributed by atoms with E-state index in [0.29, 0.717) is 5.01 Å². The van der Waals surface area contributed by atoms with Crippen molar-refractivity contribution in [2.75, 3.05) is 0 Å². The first-order valence-electron chi connectivity index (χ1n) is 3.08. The first-order valence-corrected chi connectivity index (χ1v) is 3.08. The number of carboxylic acids is 1. The minimum Gasteiger partial charge on any atom is -0.478 e. The topological polar surface area (TPSA) is 101 Å². The Morgan fingerprint density at radius 1 is 1.58 bits per heavy atom. The van der Waals surface area contributed by atoms with Crippen LogP contribution >= 0.6 is 0 Å². The van der Waals surface area contributed by atoms with Gasteiger partial charge in [-0.3, -0.25) is 9.59 Å². The van der Waals surface area contributed by atoms with E-state index in [1.54, 1.807) is 0 Å². The number of aliphatic carboxylic acids is 1. The second kappa shape index (κ2) is 2.74. The third-order valence-electron chi connectivity index (χ3n) is 1.42. The number of carbonyl (C=O) groups excluding carboxylic acids is 2. The molecule has 0 fully saturated rings. The summed E-state index contributed by atoms with van der Waals surface area (Å²) < 4.78 is 0. The van der Waals surface area contributed by atoms with Crippen LogP contribution in [0.3, 0.4) is 0 Å². The third kappa shape index (κ3) is 1.32. The molecule has 2 amide bonds. The Hall–Kier alpha value is -1.69. The fourth-order valence-electron chi connectivity index (χ4n) is 0.778. The fraction of sp³-hybridized carbons (Fsp3) is 0.167. The third-order valence-corrected chi connectivity index (χ3v) is 1.42. The second-order valence-corrected chi connectivity index (χ2v) is 2.25. The van der Waals surface area contributed by atoms with Gasteiger partial charge in [0.1, 0.15) is 0 Å². The Morgan fingerprint density at radius 2 is 2.17 bits per heavy atom. The number of nitrogens with two attached hydrogens (primary N) is 1. The molecule has 0 aromatic rings. The maximum Gasteiger partial charge on any atom is 0.332 e. The lowest BCUT2D eigenvalue weighted by molar-refractivity contribution is -0.145. The van der Waals surface area contributed by atoms with Crippen molar-refractivity contribution < 1.29 is 19.5 Å². The highest BCUT2D eigenvalue weighted by Crippen LogP contribution is 2.10. The maximum atomic E-state index is 10.8. The summed E-state index contributed by atoms with van der Waals surface area (Å²) in [4.78, 5) is 31.9. The van der Waals surface area contributed by atoms with Crippen molar-refractivity contribution in [2.24, 2.45) is 5.84 Å². The molecule has 1 aliphatic rings. The molecule has 0 aromatic carbocycles. The van der Waals surface area contributed by atoms with Crippen LogP contribution in [0.15, 0.2) is 11.6 Å². The predicted octanol–water partition coefficient (Wildman–Crippen LogP) is -1.37. The van der Waals surface area contributed by atoms with E-state index in [-0.39, 0.29) is 12.0 Å². The van der Waals surface area contributed by atoms with Gasteiger partial charge < -0.3 is 5.11 Å². The number of carboxylic acid groups (broad SMARTS) is 1. The van der Waals surface area contributed by atoms with Crippen LogP contribution in [0.2, 0.25) is 0 Å². The lowest BCUT2D eigenvalue weighted by Gasteiger charge is -2.17. The predicted molar refractivity (Wildman–Crippen MR) is 36.4 cm³/mol. The summed E-state index contributed by atoms with van der Waals surface area (Å²) in [5.74, 6) is 2.20. The normalized spacial score (nSPS) is 17.8. The smallest absolute Gasteiger partial charge is 0.332 e. The highest BCUT2D eigenvalue weighted by molar-refractivity contribution is 6.10. The van der Waals surface area contributed by atoms with Gasteiger partial charge in [-0.1, -0.05) is 0 Å². The van der Waals surface area contributed by atoms with Crippen LogP contribution in [0, 0.1) is 0 Å². The van der Waals surface area contributed by atoms with Gasteiger partial charge in [-0.25, -0.2) is 15.6 Å². The lowest BCUT2D eigenvalue weighted by Crippen LogP contribution is -2.44. The number of hydrogen-bond acceptors (Lipinski definition) is 4. The van der Waals surface area contributed by atoms with Crippen molar-refractivity contribution in [2.45, 2.75) is 6.42 Å². The van der Waals surface area contributed by atoms with Gasteiger partial charge in [0.15, 0.2) is 0 Å². The SMILES string of the molecule is NN1C(=O)C=C(C(=O)O)CC1=O. The van der Waals surface area contributed by atoms with Crippen LogP contribution in [0.5, 0.6) is 0 Å². The van der Waals surface area contributed by atoms with Gasteiger partial charge in [-0.15, -0.1) is 0 Å². The van der Waals surface area contributed by atoms with Gasteiger partial charge in [0.2, 0.25) is 5.91 Å². The van der Waals surface area contributed by atoms with E-state index in [9.17, 15) is 14.4 Å². The molecule has 1 aliphatic heterocycles. The monoisotopic (exact) mass is 170 g/mol. The molecule has 0 unspecified atom stereocenters. The zero-order valence-electron chi connectivity index (χ0n) is 5.98. The van der Waals surface area contributed by atoms with Gasteiger partial charge >= 0.3 is 5.97 Å². The van der Waals surface area contributed by atoms with E-state index in [1.165, 1.54) is 0 Å². The Morgan fingerprint density at radius 3 is 2.58 bits per heavy atom. The highest BCUT2D eigenvalue weighted by Gasteiger charge is 2.26. The van der Waals surface area contributed by atoms with Crippen LogP contribution in [0.1, 0.15) is 6.42 Å². The number of amides is 2. The average Bonchev–Trinajstić information content (AvgIpc) is 1.99. The number of imide groups is 1. The van der Waals surface area contributed by atoms with Gasteiger partial charge in [-0.2, -0.15) is 0 Å². The first-order chi connectivity index (χ1) is 5.52. The summed E-state index contributed by atoms with van der Waals surface area (Å²) in [5.41, 5.74) is -0.230. The first kappa shape index (κ1) is 8.41. The molecule has 6 nitrogen and oxygen atoms in total. The molecule has 12 heavy (non-hydrogen) atoms. The van der Waals surface area contributed by atoms with Crippen LogP contribution in [-0.2, 0) is 14.4 Å². The molecule has 0 radical (unpaired) electrons.